The Morgan fingerprint density at radius 2 is 1.50 bits per heavy atom. The van der Waals surface area contributed by atoms with Crippen molar-refractivity contribution in [2.45, 2.75) is 58.3 Å². The SMILES string of the molecule is CCCCCCCCCCN1CCO1. The Hall–Kier alpha value is -0.0800. The molecule has 1 aliphatic rings. The first kappa shape index (κ1) is 12.0. The molecule has 1 rings (SSSR count). The predicted molar refractivity (Wildman–Crippen MR) is 60.1 cm³/mol. The third-order valence-electron chi connectivity index (χ3n) is 2.88. The van der Waals surface area contributed by atoms with Crippen LogP contribution in [0.1, 0.15) is 58.3 Å². The molecule has 0 radical (unpaired) electrons. The van der Waals surface area contributed by atoms with E-state index in [1.165, 1.54) is 51.4 Å². The molecule has 0 aliphatic carbocycles. The molecule has 2 heteroatoms. The van der Waals surface area contributed by atoms with Crippen molar-refractivity contribution in [3.63, 3.8) is 0 Å². The highest BCUT2D eigenvalue weighted by atomic mass is 16.7. The van der Waals surface area contributed by atoms with Gasteiger partial charge in [0.1, 0.15) is 0 Å². The van der Waals surface area contributed by atoms with E-state index in [4.69, 9.17) is 4.84 Å². The fourth-order valence-corrected chi connectivity index (χ4v) is 1.82. The van der Waals surface area contributed by atoms with Gasteiger partial charge in [-0.2, -0.15) is 5.06 Å². The van der Waals surface area contributed by atoms with Crippen molar-refractivity contribution in [1.29, 1.82) is 0 Å². The van der Waals surface area contributed by atoms with Gasteiger partial charge in [0.15, 0.2) is 0 Å². The fraction of sp³-hybridized carbons (Fsp3) is 1.00. The molecule has 2 nitrogen and oxygen atoms in total. The van der Waals surface area contributed by atoms with E-state index >= 15 is 0 Å². The topological polar surface area (TPSA) is 12.5 Å². The van der Waals surface area contributed by atoms with Crippen LogP contribution in [0.25, 0.3) is 0 Å². The quantitative estimate of drug-likeness (QED) is 0.528. The van der Waals surface area contributed by atoms with Crippen LogP contribution in [-0.2, 0) is 4.84 Å². The second-order valence-electron chi connectivity index (χ2n) is 4.24. The van der Waals surface area contributed by atoms with Crippen LogP contribution in [-0.4, -0.2) is 24.8 Å². The molecule has 84 valence electrons. The Labute approximate surface area is 88.6 Å². The lowest BCUT2D eigenvalue weighted by Gasteiger charge is -2.29. The van der Waals surface area contributed by atoms with E-state index in [-0.39, 0.29) is 0 Å². The molecule has 0 atom stereocenters. The largest absolute Gasteiger partial charge is 0.297 e. The highest BCUT2D eigenvalue weighted by Gasteiger charge is 2.12. The normalized spacial score (nSPS) is 16.9. The molecule has 0 bridgehead atoms. The first-order valence-electron chi connectivity index (χ1n) is 6.31. The molecule has 14 heavy (non-hydrogen) atoms. The third kappa shape index (κ3) is 5.61. The first-order chi connectivity index (χ1) is 6.93. The number of hydrogen-bond acceptors (Lipinski definition) is 2. The standard InChI is InChI=1S/C12H25NO/c1-2-3-4-5-6-7-8-9-10-13-11-12-14-13/h2-12H2,1H3. The van der Waals surface area contributed by atoms with Crippen LogP contribution in [0, 0.1) is 0 Å². The van der Waals surface area contributed by atoms with Crippen LogP contribution in [0.2, 0.25) is 0 Å². The lowest BCUT2D eigenvalue weighted by atomic mass is 10.1. The van der Waals surface area contributed by atoms with Crippen LogP contribution in [0.4, 0.5) is 0 Å². The van der Waals surface area contributed by atoms with Gasteiger partial charge < -0.3 is 0 Å². The molecule has 1 heterocycles. The molecule has 1 aliphatic heterocycles. The molecule has 1 fully saturated rings. The molecule has 0 unspecified atom stereocenters. The number of nitrogens with zero attached hydrogens (tertiary/aromatic N) is 1. The van der Waals surface area contributed by atoms with Crippen LogP contribution in [0.15, 0.2) is 0 Å². The molecule has 0 saturated carbocycles. The highest BCUT2D eigenvalue weighted by molar-refractivity contribution is 4.54. The summed E-state index contributed by atoms with van der Waals surface area (Å²) >= 11 is 0. The highest BCUT2D eigenvalue weighted by Crippen LogP contribution is 2.10. The van der Waals surface area contributed by atoms with Gasteiger partial charge in [0.05, 0.1) is 6.61 Å². The van der Waals surface area contributed by atoms with Gasteiger partial charge in [-0.3, -0.25) is 4.84 Å². The Morgan fingerprint density at radius 3 is 2.00 bits per heavy atom. The molecule has 0 aromatic rings. The lowest BCUT2D eigenvalue weighted by Crippen LogP contribution is -2.39. The van der Waals surface area contributed by atoms with E-state index < -0.39 is 0 Å². The lowest BCUT2D eigenvalue weighted by molar-refractivity contribution is -0.246. The summed E-state index contributed by atoms with van der Waals surface area (Å²) in [6.07, 6.45) is 11.2. The number of rotatable bonds is 9. The zero-order valence-corrected chi connectivity index (χ0v) is 9.63. The molecule has 1 saturated heterocycles. The number of hydroxylamine groups is 2. The smallest absolute Gasteiger partial charge is 0.0835 e. The fourth-order valence-electron chi connectivity index (χ4n) is 1.82. The second-order valence-corrected chi connectivity index (χ2v) is 4.24. The second kappa shape index (κ2) is 8.25. The van der Waals surface area contributed by atoms with Gasteiger partial charge in [0.25, 0.3) is 0 Å². The summed E-state index contributed by atoms with van der Waals surface area (Å²) in [7, 11) is 0. The Bertz CT molecular complexity index is 123. The molecule has 0 N–H and O–H groups in total. The minimum atomic E-state index is 0.941. The van der Waals surface area contributed by atoms with Crippen molar-refractivity contribution in [2.75, 3.05) is 19.7 Å². The number of unbranched alkanes of at least 4 members (excludes halogenated alkanes) is 7. The van der Waals surface area contributed by atoms with E-state index in [1.807, 2.05) is 0 Å². The summed E-state index contributed by atoms with van der Waals surface area (Å²) in [4.78, 5) is 5.22. The molecule has 0 aromatic carbocycles. The molecular weight excluding hydrogens is 174 g/mol. The summed E-state index contributed by atoms with van der Waals surface area (Å²) in [6, 6.07) is 0. The Kier molecular flexibility index (Phi) is 7.06. The van der Waals surface area contributed by atoms with Gasteiger partial charge in [0.2, 0.25) is 0 Å². The summed E-state index contributed by atoms with van der Waals surface area (Å²) in [5.74, 6) is 0. The van der Waals surface area contributed by atoms with Crippen LogP contribution in [0.5, 0.6) is 0 Å². The van der Waals surface area contributed by atoms with Gasteiger partial charge in [-0.25, -0.2) is 0 Å². The van der Waals surface area contributed by atoms with E-state index in [9.17, 15) is 0 Å². The summed E-state index contributed by atoms with van der Waals surface area (Å²) < 4.78 is 0. The number of hydrogen-bond donors (Lipinski definition) is 0. The first-order valence-corrected chi connectivity index (χ1v) is 6.31. The van der Waals surface area contributed by atoms with Gasteiger partial charge in [-0.1, -0.05) is 51.9 Å². The minimum Gasteiger partial charge on any atom is -0.297 e. The van der Waals surface area contributed by atoms with Crippen molar-refractivity contribution < 1.29 is 4.84 Å². The molecule has 0 amide bonds. The maximum absolute atomic E-state index is 5.22. The third-order valence-corrected chi connectivity index (χ3v) is 2.88. The Morgan fingerprint density at radius 1 is 0.929 bits per heavy atom. The summed E-state index contributed by atoms with van der Waals surface area (Å²) in [5.41, 5.74) is 0. The molecular formula is C12H25NO. The van der Waals surface area contributed by atoms with Crippen LogP contribution in [0.3, 0.4) is 0 Å². The molecule has 0 spiro atoms. The zero-order valence-electron chi connectivity index (χ0n) is 9.63. The average Bonchev–Trinajstić information content (AvgIpc) is 2.13. The van der Waals surface area contributed by atoms with Crippen molar-refractivity contribution in [3.05, 3.63) is 0 Å². The van der Waals surface area contributed by atoms with E-state index in [0.29, 0.717) is 0 Å². The van der Waals surface area contributed by atoms with Crippen molar-refractivity contribution >= 4 is 0 Å². The van der Waals surface area contributed by atoms with Crippen LogP contribution >= 0.6 is 0 Å². The van der Waals surface area contributed by atoms with Crippen molar-refractivity contribution in [2.24, 2.45) is 0 Å². The summed E-state index contributed by atoms with van der Waals surface area (Å²) in [5, 5.41) is 2.08. The predicted octanol–water partition coefficient (Wildman–Crippen LogP) is 3.37. The zero-order chi connectivity index (χ0) is 10.1. The minimum absolute atomic E-state index is 0.941. The maximum Gasteiger partial charge on any atom is 0.0835 e. The monoisotopic (exact) mass is 199 g/mol. The Balaban J connectivity index is 1.67. The van der Waals surface area contributed by atoms with Gasteiger partial charge in [0, 0.05) is 13.1 Å². The van der Waals surface area contributed by atoms with E-state index in [0.717, 1.165) is 19.7 Å². The molecule has 0 aromatic heterocycles. The summed E-state index contributed by atoms with van der Waals surface area (Å²) in [6.45, 7) is 5.51. The van der Waals surface area contributed by atoms with E-state index in [1.54, 1.807) is 0 Å². The van der Waals surface area contributed by atoms with E-state index in [2.05, 4.69) is 12.0 Å². The maximum atomic E-state index is 5.22. The van der Waals surface area contributed by atoms with Gasteiger partial charge in [-0.15, -0.1) is 0 Å². The van der Waals surface area contributed by atoms with Crippen molar-refractivity contribution in [3.8, 4) is 0 Å². The van der Waals surface area contributed by atoms with Crippen molar-refractivity contribution in [1.82, 2.24) is 5.06 Å². The van der Waals surface area contributed by atoms with Gasteiger partial charge in [-0.05, 0) is 6.42 Å². The van der Waals surface area contributed by atoms with Crippen LogP contribution < -0.4 is 0 Å². The average molecular weight is 199 g/mol. The van der Waals surface area contributed by atoms with Gasteiger partial charge >= 0.3 is 0 Å².